The van der Waals surface area contributed by atoms with Crippen LogP contribution >= 0.6 is 23.4 Å². The smallest absolute Gasteiger partial charge is 0.319 e. The normalized spacial score (nSPS) is 13.8. The minimum atomic E-state index is -0.354. The van der Waals surface area contributed by atoms with Gasteiger partial charge in [0.25, 0.3) is 0 Å². The fourth-order valence-electron chi connectivity index (χ4n) is 2.84. The van der Waals surface area contributed by atoms with Gasteiger partial charge in [-0.1, -0.05) is 11.6 Å². The molecule has 2 heterocycles. The van der Waals surface area contributed by atoms with Gasteiger partial charge in [0.1, 0.15) is 17.3 Å². The maximum absolute atomic E-state index is 12.3. The predicted molar refractivity (Wildman–Crippen MR) is 114 cm³/mol. The highest BCUT2D eigenvalue weighted by molar-refractivity contribution is 7.99. The molecule has 1 aliphatic heterocycles. The van der Waals surface area contributed by atoms with E-state index in [1.54, 1.807) is 18.3 Å². The maximum Gasteiger partial charge on any atom is 0.319 e. The lowest BCUT2D eigenvalue weighted by Crippen LogP contribution is -2.33. The third-order valence-electron chi connectivity index (χ3n) is 4.32. The molecule has 0 atom stereocenters. The molecule has 2 aromatic rings. The second-order valence-electron chi connectivity index (χ2n) is 6.12. The van der Waals surface area contributed by atoms with Crippen LogP contribution in [0.4, 0.5) is 16.3 Å². The summed E-state index contributed by atoms with van der Waals surface area (Å²) in [5.41, 5.74) is 1.45. The van der Waals surface area contributed by atoms with E-state index in [9.17, 15) is 4.79 Å². The highest BCUT2D eigenvalue weighted by Gasteiger charge is 2.14. The number of urea groups is 1. The number of hydrogen-bond acceptors (Lipinski definition) is 6. The van der Waals surface area contributed by atoms with Gasteiger partial charge >= 0.3 is 6.03 Å². The Bertz CT molecular complexity index is 831. The Morgan fingerprint density at radius 2 is 1.96 bits per heavy atom. The first-order valence-corrected chi connectivity index (χ1v) is 10.4. The van der Waals surface area contributed by atoms with Crippen molar-refractivity contribution in [3.8, 4) is 11.5 Å². The first-order chi connectivity index (χ1) is 13.6. The van der Waals surface area contributed by atoms with Crippen molar-refractivity contribution in [1.29, 1.82) is 0 Å². The molecule has 1 aliphatic rings. The Balaban J connectivity index is 1.61. The zero-order valence-electron chi connectivity index (χ0n) is 15.8. The summed E-state index contributed by atoms with van der Waals surface area (Å²) in [7, 11) is 3.04. The number of nitrogens with one attached hydrogen (secondary N) is 2. The van der Waals surface area contributed by atoms with E-state index in [2.05, 4.69) is 20.5 Å². The summed E-state index contributed by atoms with van der Waals surface area (Å²) in [5, 5.41) is 5.99. The van der Waals surface area contributed by atoms with Gasteiger partial charge in [-0.3, -0.25) is 0 Å². The molecular weight excluding hydrogens is 400 g/mol. The van der Waals surface area contributed by atoms with Gasteiger partial charge in [0, 0.05) is 43.4 Å². The summed E-state index contributed by atoms with van der Waals surface area (Å²) >= 11 is 8.10. The second kappa shape index (κ2) is 9.75. The molecule has 0 spiro atoms. The summed E-state index contributed by atoms with van der Waals surface area (Å²) in [6.45, 7) is 2.37. The summed E-state index contributed by atoms with van der Waals surface area (Å²) < 4.78 is 10.5. The lowest BCUT2D eigenvalue weighted by Gasteiger charge is -2.27. The Morgan fingerprint density at radius 3 is 2.68 bits per heavy atom. The molecule has 1 saturated heterocycles. The highest BCUT2D eigenvalue weighted by Crippen LogP contribution is 2.35. The predicted octanol–water partition coefficient (Wildman–Crippen LogP) is 3.63. The molecule has 1 aromatic carbocycles. The molecular formula is C19H23ClN4O3S. The zero-order chi connectivity index (χ0) is 19.9. The number of benzene rings is 1. The van der Waals surface area contributed by atoms with Crippen LogP contribution in [0, 0.1) is 0 Å². The number of nitrogens with zero attached hydrogens (tertiary/aromatic N) is 2. The summed E-state index contributed by atoms with van der Waals surface area (Å²) in [6.07, 6.45) is 1.78. The number of halogens is 1. The fraction of sp³-hybridized carbons (Fsp3) is 0.368. The van der Waals surface area contributed by atoms with Crippen LogP contribution in [0.2, 0.25) is 5.02 Å². The van der Waals surface area contributed by atoms with Gasteiger partial charge in [-0.2, -0.15) is 11.8 Å². The third kappa shape index (κ3) is 5.14. The van der Waals surface area contributed by atoms with E-state index in [-0.39, 0.29) is 6.03 Å². The van der Waals surface area contributed by atoms with Crippen molar-refractivity contribution >= 4 is 40.9 Å². The van der Waals surface area contributed by atoms with E-state index < -0.39 is 0 Å². The van der Waals surface area contributed by atoms with Crippen molar-refractivity contribution in [2.24, 2.45) is 0 Å². The molecule has 0 aliphatic carbocycles. The van der Waals surface area contributed by atoms with Gasteiger partial charge in [-0.25, -0.2) is 9.78 Å². The van der Waals surface area contributed by atoms with Crippen LogP contribution in [0.5, 0.6) is 11.5 Å². The van der Waals surface area contributed by atoms with Crippen LogP contribution in [-0.4, -0.2) is 49.8 Å². The van der Waals surface area contributed by atoms with Crippen LogP contribution < -0.4 is 25.0 Å². The fourth-order valence-corrected chi connectivity index (χ4v) is 3.99. The third-order valence-corrected chi connectivity index (χ3v) is 5.56. The van der Waals surface area contributed by atoms with Crippen molar-refractivity contribution in [2.45, 2.75) is 6.54 Å². The Morgan fingerprint density at radius 1 is 1.21 bits per heavy atom. The van der Waals surface area contributed by atoms with Crippen LogP contribution in [0.25, 0.3) is 0 Å². The first-order valence-electron chi connectivity index (χ1n) is 8.84. The Hall–Kier alpha value is -2.32. The highest BCUT2D eigenvalue weighted by atomic mass is 35.5. The standard InChI is InChI=1S/C19H23ClN4O3S/c1-26-16-11-17(27-2)15(10-14(16)20)23-19(25)22-12-13-3-4-21-18(9-13)24-5-7-28-8-6-24/h3-4,9-11H,5-8,12H2,1-2H3,(H2,22,23,25). The molecule has 9 heteroatoms. The molecule has 3 rings (SSSR count). The van der Waals surface area contributed by atoms with Crippen molar-refractivity contribution < 1.29 is 14.3 Å². The number of methoxy groups -OCH3 is 2. The number of pyridine rings is 1. The minimum Gasteiger partial charge on any atom is -0.495 e. The quantitative estimate of drug-likeness (QED) is 0.740. The number of amides is 2. The largest absolute Gasteiger partial charge is 0.495 e. The first kappa shape index (κ1) is 20.4. The SMILES string of the molecule is COc1cc(OC)c(NC(=O)NCc2ccnc(N3CCSCC3)c2)cc1Cl. The molecule has 0 saturated carbocycles. The average molecular weight is 423 g/mol. The number of anilines is 2. The number of ether oxygens (including phenoxy) is 2. The summed E-state index contributed by atoms with van der Waals surface area (Å²) in [4.78, 5) is 19.0. The van der Waals surface area contributed by atoms with Crippen LogP contribution in [-0.2, 0) is 6.54 Å². The maximum atomic E-state index is 12.3. The number of hydrogen-bond donors (Lipinski definition) is 2. The molecule has 28 heavy (non-hydrogen) atoms. The van der Waals surface area contributed by atoms with Crippen molar-refractivity contribution in [1.82, 2.24) is 10.3 Å². The van der Waals surface area contributed by atoms with Gasteiger partial charge in [0.2, 0.25) is 0 Å². The Labute approximate surface area is 173 Å². The van der Waals surface area contributed by atoms with E-state index in [1.165, 1.54) is 14.2 Å². The van der Waals surface area contributed by atoms with E-state index in [4.69, 9.17) is 21.1 Å². The Kier molecular flexibility index (Phi) is 7.11. The number of carbonyl (C=O) groups excluding carboxylic acids is 1. The summed E-state index contributed by atoms with van der Waals surface area (Å²) in [5.74, 6) is 4.11. The lowest BCUT2D eigenvalue weighted by molar-refractivity contribution is 0.251. The van der Waals surface area contributed by atoms with Gasteiger partial charge in [0.05, 0.1) is 24.9 Å². The zero-order valence-corrected chi connectivity index (χ0v) is 17.4. The molecule has 1 aromatic heterocycles. The number of rotatable bonds is 6. The van der Waals surface area contributed by atoms with Crippen molar-refractivity contribution in [3.05, 3.63) is 41.0 Å². The van der Waals surface area contributed by atoms with Gasteiger partial charge < -0.3 is 25.0 Å². The second-order valence-corrected chi connectivity index (χ2v) is 7.75. The van der Waals surface area contributed by atoms with E-state index >= 15 is 0 Å². The van der Waals surface area contributed by atoms with Crippen molar-refractivity contribution in [2.75, 3.05) is 49.0 Å². The molecule has 2 amide bonds. The van der Waals surface area contributed by atoms with E-state index in [0.29, 0.717) is 28.8 Å². The number of thioether (sulfide) groups is 1. The minimum absolute atomic E-state index is 0.354. The molecule has 0 radical (unpaired) electrons. The molecule has 0 bridgehead atoms. The van der Waals surface area contributed by atoms with Gasteiger partial charge in [0.15, 0.2) is 0 Å². The van der Waals surface area contributed by atoms with E-state index in [0.717, 1.165) is 36.0 Å². The monoisotopic (exact) mass is 422 g/mol. The van der Waals surface area contributed by atoms with Gasteiger partial charge in [-0.15, -0.1) is 0 Å². The lowest BCUT2D eigenvalue weighted by atomic mass is 10.2. The number of carbonyl (C=O) groups is 1. The molecule has 2 N–H and O–H groups in total. The van der Waals surface area contributed by atoms with Crippen LogP contribution in [0.1, 0.15) is 5.56 Å². The molecule has 150 valence electrons. The van der Waals surface area contributed by atoms with Gasteiger partial charge in [-0.05, 0) is 23.8 Å². The summed E-state index contributed by atoms with van der Waals surface area (Å²) in [6, 6.07) is 6.78. The molecule has 0 unspecified atom stereocenters. The average Bonchev–Trinajstić information content (AvgIpc) is 2.73. The molecule has 1 fully saturated rings. The van der Waals surface area contributed by atoms with Crippen molar-refractivity contribution in [3.63, 3.8) is 0 Å². The number of aromatic nitrogens is 1. The van der Waals surface area contributed by atoms with Crippen LogP contribution in [0.15, 0.2) is 30.5 Å². The topological polar surface area (TPSA) is 75.7 Å². The van der Waals surface area contributed by atoms with Crippen LogP contribution in [0.3, 0.4) is 0 Å². The molecule has 7 nitrogen and oxygen atoms in total. The van der Waals surface area contributed by atoms with E-state index in [1.807, 2.05) is 23.9 Å².